The molecule has 0 amide bonds. The molecule has 0 saturated carbocycles. The highest BCUT2D eigenvalue weighted by atomic mass is 16.7. The summed E-state index contributed by atoms with van der Waals surface area (Å²) in [4.78, 5) is 11.6. The van der Waals surface area contributed by atoms with Crippen LogP contribution in [0, 0.1) is 24.2 Å². The van der Waals surface area contributed by atoms with E-state index in [0.717, 1.165) is 69.1 Å². The van der Waals surface area contributed by atoms with E-state index in [-0.39, 0.29) is 48.8 Å². The Hall–Kier alpha value is -1.71. The van der Waals surface area contributed by atoms with E-state index in [1.54, 1.807) is 0 Å². The van der Waals surface area contributed by atoms with Crippen LogP contribution in [-0.4, -0.2) is 111 Å². The first-order valence-electron chi connectivity index (χ1n) is 21.4. The van der Waals surface area contributed by atoms with E-state index in [0.29, 0.717) is 38.0 Å². The lowest BCUT2D eigenvalue weighted by atomic mass is 9.80. The third-order valence-corrected chi connectivity index (χ3v) is 13.7. The molecular formula is C44H67O12. The Morgan fingerprint density at radius 1 is 1.02 bits per heavy atom. The van der Waals surface area contributed by atoms with Crippen LogP contribution in [0.5, 0.6) is 0 Å². The second-order valence-electron chi connectivity index (χ2n) is 18.6. The SMILES string of the molecule is C=C1[CH][C@@H]2OC3(CC[C@H](/C=C/[C@@H](C)[C@@H]4CC(C)=CC5(O[C@H](C[C@@](C)(O)C(=O)O)CC[C@H]5O)O4)O3)CC[C@H]2O[C@@H]1[C@@H](O)C[C@H](C)[C@H]1O[C@@]2(CCCCO2)CCC1C. The van der Waals surface area contributed by atoms with Crippen molar-refractivity contribution in [2.24, 2.45) is 17.8 Å². The van der Waals surface area contributed by atoms with Crippen molar-refractivity contribution in [3.63, 3.8) is 0 Å². The average molecular weight is 788 g/mol. The van der Waals surface area contributed by atoms with Gasteiger partial charge in [0.05, 0.1) is 49.3 Å². The Morgan fingerprint density at radius 3 is 2.54 bits per heavy atom. The second-order valence-corrected chi connectivity index (χ2v) is 18.6. The van der Waals surface area contributed by atoms with Gasteiger partial charge in [0.25, 0.3) is 0 Å². The zero-order chi connectivity index (χ0) is 40.0. The lowest BCUT2D eigenvalue weighted by molar-refractivity contribution is -0.320. The van der Waals surface area contributed by atoms with E-state index in [2.05, 4.69) is 39.5 Å². The summed E-state index contributed by atoms with van der Waals surface area (Å²) in [7, 11) is 0. The first-order valence-corrected chi connectivity index (χ1v) is 21.4. The van der Waals surface area contributed by atoms with Crippen LogP contribution in [0.25, 0.3) is 0 Å². The molecule has 0 bridgehead atoms. The Balaban J connectivity index is 0.902. The monoisotopic (exact) mass is 787 g/mol. The minimum Gasteiger partial charge on any atom is -0.479 e. The normalized spacial score (nSPS) is 44.7. The topological polar surface area (TPSA) is 163 Å². The smallest absolute Gasteiger partial charge is 0.335 e. The van der Waals surface area contributed by atoms with E-state index in [4.69, 9.17) is 33.2 Å². The number of ether oxygens (including phenoxy) is 7. The van der Waals surface area contributed by atoms with E-state index < -0.39 is 53.3 Å². The molecule has 6 fully saturated rings. The molecule has 16 atom stereocenters. The van der Waals surface area contributed by atoms with Gasteiger partial charge in [-0.15, -0.1) is 0 Å². The zero-order valence-corrected chi connectivity index (χ0v) is 34.1. The molecule has 12 heteroatoms. The highest BCUT2D eigenvalue weighted by Gasteiger charge is 2.53. The fourth-order valence-corrected chi connectivity index (χ4v) is 10.3. The number of hydrogen-bond donors (Lipinski definition) is 4. The number of carboxylic acid groups (broad SMARTS) is 1. The molecule has 7 aliphatic heterocycles. The van der Waals surface area contributed by atoms with Crippen molar-refractivity contribution >= 4 is 5.97 Å². The van der Waals surface area contributed by atoms with Crippen LogP contribution in [-0.2, 0) is 38.0 Å². The van der Waals surface area contributed by atoms with Gasteiger partial charge in [-0.2, -0.15) is 0 Å². The van der Waals surface area contributed by atoms with E-state index in [1.807, 2.05) is 19.4 Å². The van der Waals surface area contributed by atoms with E-state index in [9.17, 15) is 25.2 Å². The first kappa shape index (κ1) is 42.4. The number of carbonyl (C=O) groups is 1. The fraction of sp³-hybridized carbons (Fsp3) is 0.818. The van der Waals surface area contributed by atoms with E-state index >= 15 is 0 Å². The molecular weight excluding hydrogens is 720 g/mol. The van der Waals surface area contributed by atoms with Crippen LogP contribution in [0.1, 0.15) is 125 Å². The molecule has 7 heterocycles. The van der Waals surface area contributed by atoms with Gasteiger partial charge in [0, 0.05) is 44.4 Å². The molecule has 315 valence electrons. The molecule has 56 heavy (non-hydrogen) atoms. The lowest BCUT2D eigenvalue weighted by Gasteiger charge is -2.49. The minimum absolute atomic E-state index is 0.0170. The van der Waals surface area contributed by atoms with Crippen molar-refractivity contribution in [1.29, 1.82) is 0 Å². The number of hydrogen-bond acceptors (Lipinski definition) is 11. The first-order chi connectivity index (χ1) is 26.5. The number of aliphatic carboxylic acids is 1. The standard InChI is InChI=1S/C44H67O12/c1-26-21-35(55-44(24-26)37(46)12-11-32(53-44)25-41(6,49)40(47)48)27(2)9-10-31-14-18-43(52-31)19-15-34-36(54-43)23-30(5)39(51-34)33(45)22-29(4)38-28(3)13-17-42(56-38)16-7-8-20-50-42/h9-10,23-24,27-29,31-39,45-46,49H,5,7-8,11-22,25H2,1-4,6H3,(H,47,48)/b10-9+/t27-,28?,29+,31+,32+,33+,34-,35+,36+,37-,38+,39+,41-,42+,43?,44?/m1/s1. The maximum atomic E-state index is 11.6. The maximum absolute atomic E-state index is 11.6. The van der Waals surface area contributed by atoms with Crippen molar-refractivity contribution in [3.8, 4) is 0 Å². The second kappa shape index (κ2) is 16.7. The largest absolute Gasteiger partial charge is 0.479 e. The van der Waals surface area contributed by atoms with Gasteiger partial charge in [0.2, 0.25) is 5.79 Å². The van der Waals surface area contributed by atoms with E-state index in [1.165, 1.54) is 6.92 Å². The Kier molecular flexibility index (Phi) is 12.7. The molecule has 0 aromatic rings. The van der Waals surface area contributed by atoms with Crippen LogP contribution in [0.15, 0.2) is 36.0 Å². The fourth-order valence-electron chi connectivity index (χ4n) is 10.3. The molecule has 7 rings (SSSR count). The van der Waals surface area contributed by atoms with Crippen LogP contribution < -0.4 is 0 Å². The highest BCUT2D eigenvalue weighted by Crippen LogP contribution is 2.47. The van der Waals surface area contributed by atoms with Crippen molar-refractivity contribution in [3.05, 3.63) is 42.4 Å². The van der Waals surface area contributed by atoms with Gasteiger partial charge in [-0.25, -0.2) is 4.79 Å². The van der Waals surface area contributed by atoms with Crippen molar-refractivity contribution in [2.45, 2.75) is 202 Å². The molecule has 1 radical (unpaired) electrons. The molecule has 0 aliphatic carbocycles. The third-order valence-electron chi connectivity index (χ3n) is 13.7. The molecule has 0 aromatic carbocycles. The number of aliphatic hydroxyl groups excluding tert-OH is 2. The number of rotatable bonds is 10. The van der Waals surface area contributed by atoms with Crippen molar-refractivity contribution in [2.75, 3.05) is 6.61 Å². The lowest BCUT2D eigenvalue weighted by Crippen LogP contribution is -2.57. The third kappa shape index (κ3) is 9.05. The summed E-state index contributed by atoms with van der Waals surface area (Å²) in [6, 6.07) is 0. The van der Waals surface area contributed by atoms with Gasteiger partial charge in [-0.1, -0.05) is 45.1 Å². The van der Waals surface area contributed by atoms with Gasteiger partial charge in [0.15, 0.2) is 17.2 Å². The number of carboxylic acids is 1. The highest BCUT2D eigenvalue weighted by molar-refractivity contribution is 5.76. The van der Waals surface area contributed by atoms with Crippen LogP contribution in [0.4, 0.5) is 0 Å². The minimum atomic E-state index is -1.95. The summed E-state index contributed by atoms with van der Waals surface area (Å²) < 4.78 is 45.5. The maximum Gasteiger partial charge on any atom is 0.335 e. The summed E-state index contributed by atoms with van der Waals surface area (Å²) in [6.07, 6.45) is 14.4. The van der Waals surface area contributed by atoms with Crippen molar-refractivity contribution < 1.29 is 58.4 Å². The predicted octanol–water partition coefficient (Wildman–Crippen LogP) is 6.06. The average Bonchev–Trinajstić information content (AvgIpc) is 3.54. The number of fused-ring (bicyclic) bond motifs is 1. The Bertz CT molecular complexity index is 1470. The molecule has 4 N–H and O–H groups in total. The summed E-state index contributed by atoms with van der Waals surface area (Å²) in [5.74, 6) is -3.43. The Labute approximate surface area is 332 Å². The van der Waals surface area contributed by atoms with Gasteiger partial charge in [0.1, 0.15) is 12.2 Å². The zero-order valence-electron chi connectivity index (χ0n) is 34.1. The molecule has 7 aliphatic rings. The molecule has 3 unspecified atom stereocenters. The molecule has 0 aromatic heterocycles. The predicted molar refractivity (Wildman–Crippen MR) is 206 cm³/mol. The van der Waals surface area contributed by atoms with Crippen molar-refractivity contribution in [1.82, 2.24) is 0 Å². The van der Waals surface area contributed by atoms with Gasteiger partial charge < -0.3 is 53.6 Å². The summed E-state index contributed by atoms with van der Waals surface area (Å²) >= 11 is 0. The Morgan fingerprint density at radius 2 is 1.79 bits per heavy atom. The van der Waals surface area contributed by atoms with Crippen LogP contribution in [0.3, 0.4) is 0 Å². The van der Waals surface area contributed by atoms with Gasteiger partial charge in [-0.3, -0.25) is 0 Å². The summed E-state index contributed by atoms with van der Waals surface area (Å²) in [5, 5.41) is 42.4. The summed E-state index contributed by atoms with van der Waals surface area (Å²) in [5.41, 5.74) is -0.202. The number of aliphatic hydroxyl groups is 3. The van der Waals surface area contributed by atoms with Crippen LogP contribution >= 0.6 is 0 Å². The quantitative estimate of drug-likeness (QED) is 0.190. The van der Waals surface area contributed by atoms with Gasteiger partial charge in [-0.05, 0) is 95.1 Å². The summed E-state index contributed by atoms with van der Waals surface area (Å²) in [6.45, 7) is 14.8. The molecule has 3 spiro atoms. The van der Waals surface area contributed by atoms with Gasteiger partial charge >= 0.3 is 5.97 Å². The molecule has 6 saturated heterocycles. The van der Waals surface area contributed by atoms with Crippen LogP contribution in [0.2, 0.25) is 0 Å². The molecule has 12 nitrogen and oxygen atoms in total.